The van der Waals surface area contributed by atoms with Crippen molar-refractivity contribution in [3.63, 3.8) is 0 Å². The Labute approximate surface area is 149 Å². The first-order valence-electron chi connectivity index (χ1n) is 6.14. The van der Waals surface area contributed by atoms with E-state index in [1.54, 1.807) is 41.4 Å². The van der Waals surface area contributed by atoms with Crippen LogP contribution in [0.1, 0.15) is 0 Å². The Bertz CT molecular complexity index is 674. The molecule has 2 aromatic carbocycles. The third kappa shape index (κ3) is 4.71. The molecular weight excluding hydrogens is 359 g/mol. The molecular formula is C14H12Cl2N4S2. The molecule has 0 bridgehead atoms. The quantitative estimate of drug-likeness (QED) is 0.549. The van der Waals surface area contributed by atoms with Gasteiger partial charge in [-0.1, -0.05) is 23.2 Å². The third-order valence-electron chi connectivity index (χ3n) is 2.61. The van der Waals surface area contributed by atoms with Gasteiger partial charge < -0.3 is 11.1 Å². The SMILES string of the molecule is NC(=S)NN(C(=S)Nc1ccc(Cl)cc1)c1ccc(Cl)cc1. The Balaban J connectivity index is 2.20. The zero-order chi connectivity index (χ0) is 16.1. The fraction of sp³-hybridized carbons (Fsp3) is 0. The molecule has 2 aromatic rings. The van der Waals surface area contributed by atoms with Gasteiger partial charge in [0.25, 0.3) is 0 Å². The highest BCUT2D eigenvalue weighted by atomic mass is 35.5. The highest BCUT2D eigenvalue weighted by Crippen LogP contribution is 2.19. The molecule has 0 saturated heterocycles. The highest BCUT2D eigenvalue weighted by Gasteiger charge is 2.13. The number of halogens is 2. The summed E-state index contributed by atoms with van der Waals surface area (Å²) in [5.74, 6) is 0. The number of benzene rings is 2. The lowest BCUT2D eigenvalue weighted by atomic mass is 10.3. The summed E-state index contributed by atoms with van der Waals surface area (Å²) in [6.45, 7) is 0. The topological polar surface area (TPSA) is 53.3 Å². The van der Waals surface area contributed by atoms with Gasteiger partial charge in [0.2, 0.25) is 0 Å². The second kappa shape index (κ2) is 7.60. The molecule has 0 atom stereocenters. The highest BCUT2D eigenvalue weighted by molar-refractivity contribution is 7.81. The summed E-state index contributed by atoms with van der Waals surface area (Å²) < 4.78 is 0. The molecule has 0 radical (unpaired) electrons. The van der Waals surface area contributed by atoms with Crippen molar-refractivity contribution in [2.45, 2.75) is 0 Å². The first-order valence-corrected chi connectivity index (χ1v) is 7.71. The molecule has 8 heteroatoms. The van der Waals surface area contributed by atoms with Crippen molar-refractivity contribution in [2.24, 2.45) is 5.73 Å². The van der Waals surface area contributed by atoms with Crippen LogP contribution >= 0.6 is 47.6 Å². The van der Waals surface area contributed by atoms with Crippen LogP contribution in [0.5, 0.6) is 0 Å². The molecule has 0 heterocycles. The summed E-state index contributed by atoms with van der Waals surface area (Å²) in [7, 11) is 0. The van der Waals surface area contributed by atoms with Gasteiger partial charge in [-0.2, -0.15) is 0 Å². The molecule has 0 aliphatic rings. The van der Waals surface area contributed by atoms with Crippen LogP contribution in [0.2, 0.25) is 10.0 Å². The Morgan fingerprint density at radius 1 is 0.909 bits per heavy atom. The number of rotatable bonds is 2. The van der Waals surface area contributed by atoms with Crippen LogP contribution in [0.3, 0.4) is 0 Å². The predicted molar refractivity (Wildman–Crippen MR) is 102 cm³/mol. The molecule has 0 aliphatic heterocycles. The van der Waals surface area contributed by atoms with Crippen LogP contribution < -0.4 is 21.5 Å². The van der Waals surface area contributed by atoms with Gasteiger partial charge in [-0.15, -0.1) is 0 Å². The monoisotopic (exact) mass is 370 g/mol. The van der Waals surface area contributed by atoms with E-state index in [0.717, 1.165) is 11.4 Å². The van der Waals surface area contributed by atoms with Crippen molar-refractivity contribution in [1.29, 1.82) is 0 Å². The van der Waals surface area contributed by atoms with Crippen LogP contribution in [-0.4, -0.2) is 10.2 Å². The van der Waals surface area contributed by atoms with Crippen LogP contribution in [0.25, 0.3) is 0 Å². The van der Waals surface area contributed by atoms with Gasteiger partial charge in [-0.25, -0.2) is 5.01 Å². The molecule has 0 unspecified atom stereocenters. The summed E-state index contributed by atoms with van der Waals surface area (Å²) in [4.78, 5) is 0. The Morgan fingerprint density at radius 2 is 1.41 bits per heavy atom. The van der Waals surface area contributed by atoms with Crippen LogP contribution in [0.15, 0.2) is 48.5 Å². The Kier molecular flexibility index (Phi) is 5.79. The van der Waals surface area contributed by atoms with E-state index in [0.29, 0.717) is 15.2 Å². The van der Waals surface area contributed by atoms with Gasteiger partial charge >= 0.3 is 0 Å². The van der Waals surface area contributed by atoms with E-state index < -0.39 is 0 Å². The number of nitrogens with two attached hydrogens (primary N) is 1. The predicted octanol–water partition coefficient (Wildman–Crippen LogP) is 3.95. The zero-order valence-electron chi connectivity index (χ0n) is 11.2. The maximum atomic E-state index is 5.90. The van der Waals surface area contributed by atoms with Crippen molar-refractivity contribution in [2.75, 3.05) is 10.3 Å². The summed E-state index contributed by atoms with van der Waals surface area (Å²) in [6.07, 6.45) is 0. The molecule has 22 heavy (non-hydrogen) atoms. The lowest BCUT2D eigenvalue weighted by Crippen LogP contribution is -2.50. The molecule has 0 aromatic heterocycles. The fourth-order valence-corrected chi connectivity index (χ4v) is 2.26. The maximum Gasteiger partial charge on any atom is 0.197 e. The summed E-state index contributed by atoms with van der Waals surface area (Å²) in [6, 6.07) is 14.2. The van der Waals surface area contributed by atoms with E-state index in [4.69, 9.17) is 53.4 Å². The Hall–Kier alpha value is -1.60. The van der Waals surface area contributed by atoms with E-state index >= 15 is 0 Å². The maximum absolute atomic E-state index is 5.90. The molecule has 0 amide bonds. The average molecular weight is 371 g/mol. The standard InChI is InChI=1S/C14H12Cl2N4S2/c15-9-1-5-11(6-2-9)18-14(22)20(19-13(17)21)12-7-3-10(16)4-8-12/h1-8H,(H,18,22)(H3,17,19,21). The minimum Gasteiger partial charge on any atom is -0.375 e. The van der Waals surface area contributed by atoms with E-state index in [9.17, 15) is 0 Å². The van der Waals surface area contributed by atoms with E-state index in [2.05, 4.69) is 10.7 Å². The van der Waals surface area contributed by atoms with Crippen LogP contribution in [0.4, 0.5) is 11.4 Å². The molecule has 0 saturated carbocycles. The smallest absolute Gasteiger partial charge is 0.197 e. The number of hydrogen-bond acceptors (Lipinski definition) is 2. The largest absolute Gasteiger partial charge is 0.375 e. The molecule has 0 aliphatic carbocycles. The molecule has 2 rings (SSSR count). The minimum absolute atomic E-state index is 0.0928. The van der Waals surface area contributed by atoms with Gasteiger partial charge in [0.05, 0.1) is 5.69 Å². The molecule has 4 nitrogen and oxygen atoms in total. The number of nitrogens with one attached hydrogen (secondary N) is 2. The average Bonchev–Trinajstić information content (AvgIpc) is 2.48. The summed E-state index contributed by atoms with van der Waals surface area (Å²) in [5, 5.41) is 6.37. The second-order valence-electron chi connectivity index (χ2n) is 4.22. The lowest BCUT2D eigenvalue weighted by Gasteiger charge is -2.26. The van der Waals surface area contributed by atoms with Crippen molar-refractivity contribution < 1.29 is 0 Å². The van der Waals surface area contributed by atoms with Crippen LogP contribution in [0, 0.1) is 0 Å². The number of hydrazine groups is 1. The van der Waals surface area contributed by atoms with Crippen LogP contribution in [-0.2, 0) is 0 Å². The van der Waals surface area contributed by atoms with Gasteiger partial charge in [-0.3, -0.25) is 5.43 Å². The number of hydrogen-bond donors (Lipinski definition) is 3. The summed E-state index contributed by atoms with van der Waals surface area (Å²) in [5.41, 5.74) is 9.91. The molecule has 4 N–H and O–H groups in total. The molecule has 0 spiro atoms. The fourth-order valence-electron chi connectivity index (χ4n) is 1.65. The van der Waals surface area contributed by atoms with Gasteiger partial charge in [0, 0.05) is 15.7 Å². The van der Waals surface area contributed by atoms with E-state index in [1.165, 1.54) is 0 Å². The number of nitrogens with zero attached hydrogens (tertiary/aromatic N) is 1. The van der Waals surface area contributed by atoms with E-state index in [-0.39, 0.29) is 5.11 Å². The van der Waals surface area contributed by atoms with E-state index in [1.807, 2.05) is 12.1 Å². The number of thiocarbonyl (C=S) groups is 2. The van der Waals surface area contributed by atoms with Crippen molar-refractivity contribution in [3.05, 3.63) is 58.6 Å². The van der Waals surface area contributed by atoms with Gasteiger partial charge in [-0.05, 0) is 73.0 Å². The lowest BCUT2D eigenvalue weighted by molar-refractivity contribution is 0.976. The first kappa shape index (κ1) is 16.8. The molecule has 0 fully saturated rings. The number of anilines is 2. The Morgan fingerprint density at radius 3 is 1.91 bits per heavy atom. The van der Waals surface area contributed by atoms with Crippen molar-refractivity contribution >= 4 is 69.2 Å². The zero-order valence-corrected chi connectivity index (χ0v) is 14.4. The summed E-state index contributed by atoms with van der Waals surface area (Å²) >= 11 is 22.0. The van der Waals surface area contributed by atoms with Crippen molar-refractivity contribution in [1.82, 2.24) is 5.43 Å². The van der Waals surface area contributed by atoms with Gasteiger partial charge in [0.1, 0.15) is 0 Å². The first-order chi connectivity index (χ1) is 10.5. The normalized spacial score (nSPS) is 9.91. The van der Waals surface area contributed by atoms with Gasteiger partial charge in [0.15, 0.2) is 10.2 Å². The third-order valence-corrected chi connectivity index (χ3v) is 3.49. The molecule has 114 valence electrons. The second-order valence-corrected chi connectivity index (χ2v) is 5.92. The van der Waals surface area contributed by atoms with Crippen molar-refractivity contribution in [3.8, 4) is 0 Å². The minimum atomic E-state index is 0.0928.